The van der Waals surface area contributed by atoms with Crippen LogP contribution >= 0.6 is 0 Å². The average Bonchev–Trinajstić information content (AvgIpc) is 3.68. The van der Waals surface area contributed by atoms with Gasteiger partial charge < -0.3 is 34.4 Å². The van der Waals surface area contributed by atoms with E-state index in [0.717, 1.165) is 5.56 Å². The first-order valence-corrected chi connectivity index (χ1v) is 21.6. The number of likely N-dealkylation sites (N-methyl/N-ethyl adjacent to an activating group) is 2. The third kappa shape index (κ3) is 14.5. The largest absolute Gasteiger partial charge is 0.481 e. The van der Waals surface area contributed by atoms with Gasteiger partial charge in [0.05, 0.1) is 42.7 Å². The molecule has 338 valence electrons. The van der Waals surface area contributed by atoms with Gasteiger partial charge in [-0.2, -0.15) is 0 Å². The normalized spacial score (nSPS) is 18.2. The van der Waals surface area contributed by atoms with Gasteiger partial charge in [-0.25, -0.2) is 0 Å². The van der Waals surface area contributed by atoms with E-state index in [-0.39, 0.29) is 92.0 Å². The second-order valence-electron chi connectivity index (χ2n) is 17.4. The monoisotopic (exact) mass is 844 g/mol. The molecule has 14 nitrogen and oxygen atoms in total. The van der Waals surface area contributed by atoms with Gasteiger partial charge >= 0.3 is 11.9 Å². The van der Waals surface area contributed by atoms with Crippen LogP contribution in [0, 0.1) is 35.5 Å². The summed E-state index contributed by atoms with van der Waals surface area (Å²) < 4.78 is 11.9. The van der Waals surface area contributed by atoms with Crippen LogP contribution in [0.3, 0.4) is 0 Å². The molecular weight excluding hydrogens is 771 g/mol. The second kappa shape index (κ2) is 24.9. The maximum absolute atomic E-state index is 14.5. The highest BCUT2D eigenvalue weighted by Gasteiger charge is 2.43. The first kappa shape index (κ1) is 52.0. The van der Waals surface area contributed by atoms with E-state index in [2.05, 4.69) is 0 Å². The van der Waals surface area contributed by atoms with Crippen molar-refractivity contribution in [3.8, 4) is 0 Å². The Morgan fingerprint density at radius 1 is 0.817 bits per heavy atom. The van der Waals surface area contributed by atoms with Crippen LogP contribution in [0.2, 0.25) is 0 Å². The number of benzene rings is 1. The minimum Gasteiger partial charge on any atom is -0.481 e. The summed E-state index contributed by atoms with van der Waals surface area (Å²) in [6, 6.07) is 7.42. The highest BCUT2D eigenvalue weighted by atomic mass is 16.5. The second-order valence-corrected chi connectivity index (χ2v) is 17.4. The summed E-state index contributed by atoms with van der Waals surface area (Å²) in [6.45, 7) is 13.6. The molecule has 1 fully saturated rings. The molecule has 1 saturated heterocycles. The summed E-state index contributed by atoms with van der Waals surface area (Å²) in [5.41, 5.74) is 0.828. The van der Waals surface area contributed by atoms with Crippen LogP contribution in [0.25, 0.3) is 0 Å². The van der Waals surface area contributed by atoms with E-state index in [4.69, 9.17) is 14.6 Å². The van der Waals surface area contributed by atoms with Crippen molar-refractivity contribution in [3.63, 3.8) is 0 Å². The van der Waals surface area contributed by atoms with Gasteiger partial charge in [0.15, 0.2) is 5.78 Å². The number of methoxy groups -OCH3 is 2. The molecule has 1 aromatic rings. The van der Waals surface area contributed by atoms with Crippen molar-refractivity contribution in [2.45, 2.75) is 143 Å². The van der Waals surface area contributed by atoms with Gasteiger partial charge in [-0.1, -0.05) is 85.2 Å². The van der Waals surface area contributed by atoms with Gasteiger partial charge in [-0.05, 0) is 49.0 Å². The van der Waals surface area contributed by atoms with Gasteiger partial charge in [0.25, 0.3) is 0 Å². The number of aliphatic carboxylic acids is 2. The van der Waals surface area contributed by atoms with E-state index in [1.165, 1.54) is 19.1 Å². The number of Topliss-reactive ketones (excluding diaryl/α,β-unsaturated/α-hetero) is 2. The highest BCUT2D eigenvalue weighted by molar-refractivity contribution is 5.93. The van der Waals surface area contributed by atoms with Crippen molar-refractivity contribution < 1.29 is 53.2 Å². The fourth-order valence-corrected chi connectivity index (χ4v) is 8.88. The Labute approximate surface area is 357 Å². The van der Waals surface area contributed by atoms with E-state index in [1.54, 1.807) is 30.8 Å². The summed E-state index contributed by atoms with van der Waals surface area (Å²) >= 11 is 0. The van der Waals surface area contributed by atoms with Gasteiger partial charge in [0.1, 0.15) is 5.78 Å². The zero-order valence-electron chi connectivity index (χ0n) is 37.9. The van der Waals surface area contributed by atoms with Crippen LogP contribution < -0.4 is 0 Å². The fourth-order valence-electron chi connectivity index (χ4n) is 8.88. The van der Waals surface area contributed by atoms with Crippen molar-refractivity contribution in [2.75, 3.05) is 34.9 Å². The molecule has 1 aliphatic heterocycles. The number of carbonyl (C=O) groups excluding carboxylic acids is 5. The van der Waals surface area contributed by atoms with Crippen molar-refractivity contribution in [1.29, 1.82) is 0 Å². The molecule has 1 aromatic carbocycles. The van der Waals surface area contributed by atoms with E-state index in [1.807, 2.05) is 71.9 Å². The number of hydrogen-bond donors (Lipinski definition) is 2. The molecule has 0 aromatic heterocycles. The lowest BCUT2D eigenvalue weighted by molar-refractivity contribution is -0.150. The van der Waals surface area contributed by atoms with Crippen LogP contribution in [-0.4, -0.2) is 131 Å². The Morgan fingerprint density at radius 2 is 1.45 bits per heavy atom. The number of hydrogen-bond acceptors (Lipinski definition) is 9. The maximum atomic E-state index is 14.5. The number of ether oxygens (including phenoxy) is 2. The van der Waals surface area contributed by atoms with E-state index in [9.17, 15) is 38.7 Å². The lowest BCUT2D eigenvalue weighted by Gasteiger charge is -2.41. The fraction of sp³-hybridized carbons (Fsp3) is 0.717. The van der Waals surface area contributed by atoms with Crippen molar-refractivity contribution in [1.82, 2.24) is 14.7 Å². The molecule has 0 unspecified atom stereocenters. The van der Waals surface area contributed by atoms with E-state index < -0.39 is 60.0 Å². The smallest absolute Gasteiger partial charge is 0.307 e. The van der Waals surface area contributed by atoms with Gasteiger partial charge in [-0.3, -0.25) is 33.6 Å². The SMILES string of the molecule is CC[C@H](C)[C@@H]([C@@H](CC(=O)N1CCC[C@H]1[C@H](OC)[C@@H](C)C(=O)C[C@@H](Cc1ccccc1)C(=O)O)OC)N(C)C(=O)[C@@H](CC(=O)[C@H](C(C)C)N(C)C(=O)CCCC(=O)O)C(C)C. The van der Waals surface area contributed by atoms with Gasteiger partial charge in [0.2, 0.25) is 17.7 Å². The van der Waals surface area contributed by atoms with Crippen molar-refractivity contribution in [2.24, 2.45) is 35.5 Å². The number of rotatable bonds is 27. The molecule has 2 rings (SSSR count). The van der Waals surface area contributed by atoms with E-state index in [0.29, 0.717) is 25.8 Å². The van der Waals surface area contributed by atoms with Crippen molar-refractivity contribution >= 4 is 41.2 Å². The third-order valence-corrected chi connectivity index (χ3v) is 12.6. The molecule has 0 aliphatic carbocycles. The number of amides is 3. The molecular formula is C46H73N3O11. The minimum atomic E-state index is -1.05. The van der Waals surface area contributed by atoms with Crippen LogP contribution in [0.15, 0.2) is 30.3 Å². The molecule has 0 bridgehead atoms. The van der Waals surface area contributed by atoms with Gasteiger partial charge in [0, 0.05) is 72.4 Å². The Morgan fingerprint density at radius 3 is 1.97 bits per heavy atom. The molecule has 60 heavy (non-hydrogen) atoms. The molecule has 9 atom stereocenters. The molecule has 0 saturated carbocycles. The topological polar surface area (TPSA) is 188 Å². The number of carboxylic acid groups (broad SMARTS) is 2. The molecule has 3 amide bonds. The number of likely N-dealkylation sites (tertiary alicyclic amines) is 1. The first-order chi connectivity index (χ1) is 28.2. The summed E-state index contributed by atoms with van der Waals surface area (Å²) in [7, 11) is 6.25. The molecule has 14 heteroatoms. The summed E-state index contributed by atoms with van der Waals surface area (Å²) in [6.07, 6.45) is 0.484. The molecule has 2 N–H and O–H groups in total. The Kier molecular flexibility index (Phi) is 21.6. The predicted octanol–water partition coefficient (Wildman–Crippen LogP) is 5.78. The highest BCUT2D eigenvalue weighted by Crippen LogP contribution is 2.32. The number of nitrogens with zero attached hydrogens (tertiary/aromatic N) is 3. The third-order valence-electron chi connectivity index (χ3n) is 12.6. The van der Waals surface area contributed by atoms with Crippen LogP contribution in [0.1, 0.15) is 112 Å². The number of ketones is 2. The summed E-state index contributed by atoms with van der Waals surface area (Å²) in [5.74, 6) is -6.26. The van der Waals surface area contributed by atoms with Crippen LogP contribution in [0.5, 0.6) is 0 Å². The van der Waals surface area contributed by atoms with Crippen LogP contribution in [0.4, 0.5) is 0 Å². The summed E-state index contributed by atoms with van der Waals surface area (Å²) in [5, 5.41) is 19.0. The zero-order chi connectivity index (χ0) is 45.4. The van der Waals surface area contributed by atoms with E-state index >= 15 is 0 Å². The molecule has 1 aliphatic rings. The number of carboxylic acids is 2. The number of carbonyl (C=O) groups is 7. The Balaban J connectivity index is 2.28. The molecule has 0 radical (unpaired) electrons. The van der Waals surface area contributed by atoms with Crippen molar-refractivity contribution in [3.05, 3.63) is 35.9 Å². The lowest BCUT2D eigenvalue weighted by Crippen LogP contribution is -2.54. The standard InChI is InChI=1S/C46H73N3O11/c1-12-30(6)43(48(9)45(56)34(28(2)3)26-37(51)42(29(4)5)47(8)39(52)21-16-22-41(54)55)38(59-10)27-40(53)49-23-17-20-35(49)44(60-11)31(7)36(50)25-33(46(57)58)24-32-18-14-13-15-19-32/h13-15,18-19,28-31,33-35,38,42-44H,12,16-17,20-27H2,1-11H3,(H,54,55)(H,57,58)/t30-,31-,33+,34-,35-,38+,42-,43-,44+/m0/s1. The summed E-state index contributed by atoms with van der Waals surface area (Å²) in [4.78, 5) is 97.3. The lowest BCUT2D eigenvalue weighted by atomic mass is 9.83. The van der Waals surface area contributed by atoms with Crippen LogP contribution in [-0.2, 0) is 49.5 Å². The predicted molar refractivity (Wildman–Crippen MR) is 228 cm³/mol. The maximum Gasteiger partial charge on any atom is 0.307 e. The first-order valence-electron chi connectivity index (χ1n) is 21.6. The Hall–Kier alpha value is -4.17. The molecule has 0 spiro atoms. The minimum absolute atomic E-state index is 0.00779. The molecule has 1 heterocycles. The Bertz CT molecular complexity index is 1580. The average molecular weight is 844 g/mol. The van der Waals surface area contributed by atoms with Gasteiger partial charge in [-0.15, -0.1) is 0 Å². The quantitative estimate of drug-likeness (QED) is 0.109. The zero-order valence-corrected chi connectivity index (χ0v) is 37.9.